The maximum Gasteiger partial charge on any atom is 0.335 e. The highest BCUT2D eigenvalue weighted by atomic mass is 16.5. The van der Waals surface area contributed by atoms with E-state index in [4.69, 9.17) is 9.84 Å². The zero-order valence-electron chi connectivity index (χ0n) is 23.9. The molecule has 0 radical (unpaired) electrons. The van der Waals surface area contributed by atoms with Crippen molar-refractivity contribution in [3.05, 3.63) is 125 Å². The number of aromatic carboxylic acids is 1. The van der Waals surface area contributed by atoms with Crippen LogP contribution in [0.2, 0.25) is 0 Å². The normalized spacial score (nSPS) is 10.8. The van der Waals surface area contributed by atoms with Gasteiger partial charge in [-0.2, -0.15) is 0 Å². The van der Waals surface area contributed by atoms with Gasteiger partial charge in [0.2, 0.25) is 0 Å². The lowest BCUT2D eigenvalue weighted by Gasteiger charge is -2.17. The molecule has 0 spiro atoms. The van der Waals surface area contributed by atoms with Crippen molar-refractivity contribution in [1.82, 2.24) is 0 Å². The third kappa shape index (κ3) is 8.18. The molecular formula is C37H40O4. The number of carboxylic acid groups (broad SMARTS) is 1. The van der Waals surface area contributed by atoms with Crippen LogP contribution >= 0.6 is 0 Å². The van der Waals surface area contributed by atoms with E-state index in [1.165, 1.54) is 71.2 Å². The van der Waals surface area contributed by atoms with Crippen molar-refractivity contribution in [2.75, 3.05) is 0 Å². The summed E-state index contributed by atoms with van der Waals surface area (Å²) in [6, 6.07) is 33.6. The molecule has 41 heavy (non-hydrogen) atoms. The molecule has 0 heterocycles. The first-order chi connectivity index (χ1) is 20.1. The van der Waals surface area contributed by atoms with Crippen LogP contribution in [0.5, 0.6) is 5.75 Å². The summed E-state index contributed by atoms with van der Waals surface area (Å²) in [4.78, 5) is 10.2. The van der Waals surface area contributed by atoms with Crippen LogP contribution in [0.25, 0.3) is 21.5 Å². The lowest BCUT2D eigenvalue weighted by atomic mass is 9.89. The van der Waals surface area contributed by atoms with Crippen molar-refractivity contribution in [3.8, 4) is 5.75 Å². The first-order valence-electron chi connectivity index (χ1n) is 14.6. The Kier molecular flexibility index (Phi) is 11.3. The van der Waals surface area contributed by atoms with Crippen molar-refractivity contribution in [3.63, 3.8) is 0 Å². The van der Waals surface area contributed by atoms with E-state index in [2.05, 4.69) is 55.5 Å². The molecule has 5 aromatic carbocycles. The van der Waals surface area contributed by atoms with Crippen molar-refractivity contribution in [1.29, 1.82) is 0 Å². The molecular weight excluding hydrogens is 508 g/mol. The molecule has 4 nitrogen and oxygen atoms in total. The minimum absolute atomic E-state index is 0.0240. The fourth-order valence-corrected chi connectivity index (χ4v) is 5.29. The number of aryl methyl sites for hydroxylation is 1. The monoisotopic (exact) mass is 548 g/mol. The molecule has 0 saturated heterocycles. The molecule has 0 aliphatic carbocycles. The number of benzene rings is 5. The third-order valence-corrected chi connectivity index (χ3v) is 7.42. The van der Waals surface area contributed by atoms with Crippen LogP contribution in [0.15, 0.2) is 103 Å². The number of carbonyl (C=O) groups is 1. The van der Waals surface area contributed by atoms with E-state index in [1.807, 2.05) is 24.3 Å². The topological polar surface area (TPSA) is 66.8 Å². The lowest BCUT2D eigenvalue weighted by molar-refractivity contribution is 0.0697. The first-order valence-corrected chi connectivity index (χ1v) is 14.6. The SMILES string of the molecule is CCCCCCCCc1c2ccccc2c(COc2cccc(CO)c2)c2ccccc12.O=C(O)c1ccccc1. The van der Waals surface area contributed by atoms with Gasteiger partial charge in [0.05, 0.1) is 12.2 Å². The zero-order chi connectivity index (χ0) is 28.9. The zero-order valence-corrected chi connectivity index (χ0v) is 23.9. The second-order valence-electron chi connectivity index (χ2n) is 10.3. The van der Waals surface area contributed by atoms with Crippen LogP contribution in [-0.2, 0) is 19.6 Å². The molecule has 0 atom stereocenters. The van der Waals surface area contributed by atoms with Gasteiger partial charge in [-0.1, -0.05) is 118 Å². The Hall–Kier alpha value is -4.15. The fourth-order valence-electron chi connectivity index (χ4n) is 5.29. The van der Waals surface area contributed by atoms with Crippen LogP contribution in [-0.4, -0.2) is 16.2 Å². The van der Waals surface area contributed by atoms with Gasteiger partial charge < -0.3 is 14.9 Å². The van der Waals surface area contributed by atoms with E-state index in [0.29, 0.717) is 12.2 Å². The molecule has 4 heteroatoms. The van der Waals surface area contributed by atoms with Crippen molar-refractivity contribution in [2.45, 2.75) is 65.1 Å². The largest absolute Gasteiger partial charge is 0.489 e. The van der Waals surface area contributed by atoms with Gasteiger partial charge in [-0.05, 0) is 69.8 Å². The molecule has 0 saturated carbocycles. The molecule has 0 unspecified atom stereocenters. The minimum Gasteiger partial charge on any atom is -0.489 e. The summed E-state index contributed by atoms with van der Waals surface area (Å²) < 4.78 is 6.22. The maximum absolute atomic E-state index is 10.2. The molecule has 0 aliphatic heterocycles. The van der Waals surface area contributed by atoms with Gasteiger partial charge in [0, 0.05) is 5.56 Å². The predicted octanol–water partition coefficient (Wildman–Crippen LogP) is 9.35. The Labute approximate surface area is 243 Å². The van der Waals surface area contributed by atoms with Crippen LogP contribution < -0.4 is 4.74 Å². The third-order valence-electron chi connectivity index (χ3n) is 7.42. The van der Waals surface area contributed by atoms with E-state index in [1.54, 1.807) is 30.3 Å². The average Bonchev–Trinajstić information content (AvgIpc) is 3.02. The first kappa shape index (κ1) is 29.8. The smallest absolute Gasteiger partial charge is 0.335 e. The second kappa shape index (κ2) is 15.6. The molecule has 2 N–H and O–H groups in total. The van der Waals surface area contributed by atoms with Crippen LogP contribution in [0.1, 0.15) is 72.5 Å². The Bertz CT molecular complexity index is 1480. The van der Waals surface area contributed by atoms with E-state index in [-0.39, 0.29) is 6.61 Å². The number of aliphatic hydroxyl groups is 1. The van der Waals surface area contributed by atoms with Crippen LogP contribution in [0, 0.1) is 0 Å². The van der Waals surface area contributed by atoms with Crippen LogP contribution in [0.3, 0.4) is 0 Å². The highest BCUT2D eigenvalue weighted by molar-refractivity contribution is 6.05. The average molecular weight is 549 g/mol. The fraction of sp³-hybridized carbons (Fsp3) is 0.270. The number of carboxylic acids is 1. The maximum atomic E-state index is 10.2. The number of rotatable bonds is 12. The van der Waals surface area contributed by atoms with Crippen molar-refractivity contribution in [2.24, 2.45) is 0 Å². The Morgan fingerprint density at radius 3 is 1.78 bits per heavy atom. The van der Waals surface area contributed by atoms with E-state index < -0.39 is 5.97 Å². The van der Waals surface area contributed by atoms with Crippen molar-refractivity contribution < 1.29 is 19.7 Å². The highest BCUT2D eigenvalue weighted by Gasteiger charge is 2.14. The summed E-state index contributed by atoms with van der Waals surface area (Å²) in [5, 5.41) is 23.1. The van der Waals surface area contributed by atoms with Gasteiger partial charge in [-0.15, -0.1) is 0 Å². The van der Waals surface area contributed by atoms with Gasteiger partial charge >= 0.3 is 5.97 Å². The molecule has 0 aromatic heterocycles. The summed E-state index contributed by atoms with van der Waals surface area (Å²) >= 11 is 0. The molecule has 0 fully saturated rings. The number of hydrogen-bond donors (Lipinski definition) is 2. The molecule has 0 bridgehead atoms. The van der Waals surface area contributed by atoms with E-state index in [9.17, 15) is 9.90 Å². The number of aliphatic hydroxyl groups excluding tert-OH is 1. The molecule has 0 aliphatic rings. The lowest BCUT2D eigenvalue weighted by Crippen LogP contribution is -2.01. The Morgan fingerprint density at radius 1 is 0.659 bits per heavy atom. The number of unbranched alkanes of at least 4 members (excludes halogenated alkanes) is 5. The van der Waals surface area contributed by atoms with Crippen molar-refractivity contribution >= 4 is 27.5 Å². The Morgan fingerprint density at radius 2 is 1.22 bits per heavy atom. The van der Waals surface area contributed by atoms with Gasteiger partial charge in [0.15, 0.2) is 0 Å². The summed E-state index contributed by atoms with van der Waals surface area (Å²) in [6.07, 6.45) is 8.99. The molecule has 212 valence electrons. The van der Waals surface area contributed by atoms with Gasteiger partial charge in [0.25, 0.3) is 0 Å². The highest BCUT2D eigenvalue weighted by Crippen LogP contribution is 2.35. The summed E-state index contributed by atoms with van der Waals surface area (Å²) in [5.74, 6) is -0.0866. The summed E-state index contributed by atoms with van der Waals surface area (Å²) in [7, 11) is 0. The molecule has 5 rings (SSSR count). The minimum atomic E-state index is -0.879. The second-order valence-corrected chi connectivity index (χ2v) is 10.3. The number of fused-ring (bicyclic) bond motifs is 2. The molecule has 5 aromatic rings. The predicted molar refractivity (Wildman–Crippen MR) is 169 cm³/mol. The van der Waals surface area contributed by atoms with Crippen LogP contribution in [0.4, 0.5) is 0 Å². The Balaban J connectivity index is 0.000000367. The number of ether oxygens (including phenoxy) is 1. The van der Waals surface area contributed by atoms with Gasteiger partial charge in [-0.25, -0.2) is 4.79 Å². The number of hydrogen-bond acceptors (Lipinski definition) is 3. The summed E-state index contributed by atoms with van der Waals surface area (Å²) in [5.41, 5.74) is 3.90. The molecule has 0 amide bonds. The van der Waals surface area contributed by atoms with Gasteiger partial charge in [0.1, 0.15) is 12.4 Å². The quantitative estimate of drug-likeness (QED) is 0.120. The standard InChI is InChI=1S/C30H34O2.C7H6O2/c1-2-3-4-5-6-7-15-25-26-16-8-10-18-28(26)30(29-19-11-9-17-27(25)29)22-32-24-14-12-13-23(20-24)21-31;8-7(9)6-4-2-1-3-5-6/h8-14,16-20,31H,2-7,15,21-22H2,1H3;1-5H,(H,8,9). The van der Waals surface area contributed by atoms with E-state index in [0.717, 1.165) is 17.7 Å². The summed E-state index contributed by atoms with van der Waals surface area (Å²) in [6.45, 7) is 2.80. The van der Waals surface area contributed by atoms with E-state index >= 15 is 0 Å². The van der Waals surface area contributed by atoms with Gasteiger partial charge in [-0.3, -0.25) is 0 Å².